The van der Waals surface area contributed by atoms with Crippen molar-refractivity contribution in [3.63, 3.8) is 0 Å². The topological polar surface area (TPSA) is 74.8 Å². The van der Waals surface area contributed by atoms with Crippen LogP contribution in [0.15, 0.2) is 12.7 Å². The summed E-state index contributed by atoms with van der Waals surface area (Å²) in [6, 6.07) is 1.98. The van der Waals surface area contributed by atoms with Crippen LogP contribution >= 0.6 is 0 Å². The number of carbonyl (C=O) groups is 1. The Labute approximate surface area is 88.1 Å². The number of hydrogen-bond donors (Lipinski definition) is 0. The molecular weight excluding hydrogens is 194 g/mol. The van der Waals surface area contributed by atoms with E-state index in [-0.39, 0.29) is 25.0 Å². The fourth-order valence-corrected chi connectivity index (χ4v) is 1.18. The minimum Gasteiger partial charge on any atom is -0.325 e. The predicted molar refractivity (Wildman–Crippen MR) is 52.5 cm³/mol. The van der Waals surface area contributed by atoms with Gasteiger partial charge in [-0.15, -0.1) is 0 Å². The summed E-state index contributed by atoms with van der Waals surface area (Å²) >= 11 is 0. The van der Waals surface area contributed by atoms with Gasteiger partial charge in [0.1, 0.15) is 25.7 Å². The van der Waals surface area contributed by atoms with E-state index in [4.69, 9.17) is 5.26 Å². The maximum atomic E-state index is 11.7. The minimum absolute atomic E-state index is 0.0145. The molecule has 0 aromatic carbocycles. The first-order chi connectivity index (χ1) is 7.15. The third kappa shape index (κ3) is 3.06. The fraction of sp³-hybridized carbons (Fsp3) is 0.556. The molecule has 15 heavy (non-hydrogen) atoms. The van der Waals surface area contributed by atoms with Crippen molar-refractivity contribution in [1.29, 1.82) is 5.26 Å². The van der Waals surface area contributed by atoms with Gasteiger partial charge >= 0.3 is 0 Å². The van der Waals surface area contributed by atoms with Crippen molar-refractivity contribution in [2.24, 2.45) is 0 Å². The summed E-state index contributed by atoms with van der Waals surface area (Å²) in [6.45, 7) is 3.97. The Morgan fingerprint density at radius 3 is 2.87 bits per heavy atom. The molecule has 80 valence electrons. The molecule has 0 aliphatic heterocycles. The van der Waals surface area contributed by atoms with E-state index in [1.807, 2.05) is 19.9 Å². The molecule has 1 heterocycles. The fourth-order valence-electron chi connectivity index (χ4n) is 1.18. The van der Waals surface area contributed by atoms with Gasteiger partial charge in [0.25, 0.3) is 0 Å². The van der Waals surface area contributed by atoms with Crippen LogP contribution in [0.3, 0.4) is 0 Å². The average molecular weight is 207 g/mol. The molecule has 1 rings (SSSR count). The molecule has 6 heteroatoms. The van der Waals surface area contributed by atoms with Gasteiger partial charge in [-0.25, -0.2) is 9.67 Å². The first-order valence-electron chi connectivity index (χ1n) is 4.64. The Kier molecular flexibility index (Phi) is 3.80. The second-order valence-electron chi connectivity index (χ2n) is 3.37. The molecule has 6 nitrogen and oxygen atoms in total. The second-order valence-corrected chi connectivity index (χ2v) is 3.37. The Morgan fingerprint density at radius 2 is 2.40 bits per heavy atom. The van der Waals surface area contributed by atoms with Gasteiger partial charge in [0, 0.05) is 6.04 Å². The molecule has 1 amide bonds. The summed E-state index contributed by atoms with van der Waals surface area (Å²) in [7, 11) is 0. The zero-order valence-corrected chi connectivity index (χ0v) is 8.79. The number of nitriles is 1. The van der Waals surface area contributed by atoms with E-state index in [2.05, 4.69) is 10.1 Å². The molecule has 0 aliphatic carbocycles. The van der Waals surface area contributed by atoms with Crippen LogP contribution in [0.1, 0.15) is 13.8 Å². The summed E-state index contributed by atoms with van der Waals surface area (Å²) in [4.78, 5) is 17.0. The van der Waals surface area contributed by atoms with Gasteiger partial charge in [0.2, 0.25) is 5.91 Å². The molecule has 0 bridgehead atoms. The van der Waals surface area contributed by atoms with Gasteiger partial charge in [-0.05, 0) is 13.8 Å². The van der Waals surface area contributed by atoms with Crippen molar-refractivity contribution >= 4 is 5.91 Å². The third-order valence-corrected chi connectivity index (χ3v) is 1.95. The smallest absolute Gasteiger partial charge is 0.245 e. The number of nitrogens with zero attached hydrogens (tertiary/aromatic N) is 5. The highest BCUT2D eigenvalue weighted by molar-refractivity contribution is 5.76. The molecule has 1 aromatic rings. The Morgan fingerprint density at radius 1 is 1.67 bits per heavy atom. The van der Waals surface area contributed by atoms with Crippen molar-refractivity contribution in [2.75, 3.05) is 6.54 Å². The number of aromatic nitrogens is 3. The van der Waals surface area contributed by atoms with Crippen LogP contribution in [-0.4, -0.2) is 38.2 Å². The van der Waals surface area contributed by atoms with Crippen LogP contribution in [0.4, 0.5) is 0 Å². The lowest BCUT2D eigenvalue weighted by molar-refractivity contribution is -0.133. The van der Waals surface area contributed by atoms with Gasteiger partial charge in [-0.1, -0.05) is 0 Å². The quantitative estimate of drug-likeness (QED) is 0.653. The highest BCUT2D eigenvalue weighted by Crippen LogP contribution is 1.99. The highest BCUT2D eigenvalue weighted by Gasteiger charge is 2.16. The van der Waals surface area contributed by atoms with Crippen LogP contribution in [-0.2, 0) is 11.3 Å². The van der Waals surface area contributed by atoms with Crippen LogP contribution in [0.25, 0.3) is 0 Å². The molecule has 0 saturated heterocycles. The molecule has 0 saturated carbocycles. The third-order valence-electron chi connectivity index (χ3n) is 1.95. The monoisotopic (exact) mass is 207 g/mol. The molecule has 0 unspecified atom stereocenters. The lowest BCUT2D eigenvalue weighted by atomic mass is 10.3. The Hall–Kier alpha value is -1.90. The van der Waals surface area contributed by atoms with Crippen LogP contribution in [0.2, 0.25) is 0 Å². The Balaban J connectivity index is 2.61. The summed E-state index contributed by atoms with van der Waals surface area (Å²) in [5.74, 6) is -0.128. The van der Waals surface area contributed by atoms with Crippen molar-refractivity contribution in [3.05, 3.63) is 12.7 Å². The summed E-state index contributed by atoms with van der Waals surface area (Å²) in [5, 5.41) is 12.4. The van der Waals surface area contributed by atoms with E-state index in [0.717, 1.165) is 0 Å². The van der Waals surface area contributed by atoms with E-state index < -0.39 is 0 Å². The standard InChI is InChI=1S/C9H13N5O/c1-8(2)14(4-3-10)9(15)5-13-7-11-6-12-13/h6-8H,4-5H2,1-2H3. The van der Waals surface area contributed by atoms with E-state index in [0.29, 0.717) is 0 Å². The zero-order chi connectivity index (χ0) is 11.3. The lowest BCUT2D eigenvalue weighted by Crippen LogP contribution is -2.39. The predicted octanol–water partition coefficient (Wildman–Crippen LogP) is 0.0387. The number of amides is 1. The maximum absolute atomic E-state index is 11.7. The SMILES string of the molecule is CC(C)N(CC#N)C(=O)Cn1cncn1. The van der Waals surface area contributed by atoms with Crippen molar-refractivity contribution in [3.8, 4) is 6.07 Å². The minimum atomic E-state index is -0.128. The summed E-state index contributed by atoms with van der Waals surface area (Å²) in [5.41, 5.74) is 0. The van der Waals surface area contributed by atoms with Gasteiger partial charge in [0.15, 0.2) is 0 Å². The van der Waals surface area contributed by atoms with Crippen molar-refractivity contribution in [2.45, 2.75) is 26.4 Å². The molecule has 0 spiro atoms. The molecule has 0 atom stereocenters. The molecule has 1 aromatic heterocycles. The molecule has 0 radical (unpaired) electrons. The van der Waals surface area contributed by atoms with Gasteiger partial charge in [-0.3, -0.25) is 4.79 Å². The normalized spacial score (nSPS) is 10.0. The largest absolute Gasteiger partial charge is 0.325 e. The Bertz CT molecular complexity index is 351. The van der Waals surface area contributed by atoms with E-state index in [1.165, 1.54) is 22.2 Å². The maximum Gasteiger partial charge on any atom is 0.245 e. The number of carbonyl (C=O) groups excluding carboxylic acids is 1. The van der Waals surface area contributed by atoms with Gasteiger partial charge in [0.05, 0.1) is 6.07 Å². The van der Waals surface area contributed by atoms with E-state index in [9.17, 15) is 4.79 Å². The number of hydrogen-bond acceptors (Lipinski definition) is 4. The first-order valence-corrected chi connectivity index (χ1v) is 4.64. The number of rotatable bonds is 4. The van der Waals surface area contributed by atoms with Gasteiger partial charge < -0.3 is 4.90 Å². The first kappa shape index (κ1) is 11.2. The zero-order valence-electron chi connectivity index (χ0n) is 8.79. The van der Waals surface area contributed by atoms with Crippen molar-refractivity contribution < 1.29 is 4.79 Å². The van der Waals surface area contributed by atoms with Crippen LogP contribution in [0, 0.1) is 11.3 Å². The molecular formula is C9H13N5O. The molecule has 0 N–H and O–H groups in total. The summed E-state index contributed by atoms with van der Waals surface area (Å²) in [6.07, 6.45) is 2.85. The van der Waals surface area contributed by atoms with Crippen LogP contribution < -0.4 is 0 Å². The highest BCUT2D eigenvalue weighted by atomic mass is 16.2. The van der Waals surface area contributed by atoms with E-state index >= 15 is 0 Å². The van der Waals surface area contributed by atoms with Gasteiger partial charge in [-0.2, -0.15) is 10.4 Å². The average Bonchev–Trinajstić information content (AvgIpc) is 2.65. The molecule has 0 aliphatic rings. The van der Waals surface area contributed by atoms with Crippen LogP contribution in [0.5, 0.6) is 0 Å². The molecule has 0 fully saturated rings. The van der Waals surface area contributed by atoms with Crippen molar-refractivity contribution in [1.82, 2.24) is 19.7 Å². The second kappa shape index (κ2) is 5.10. The lowest BCUT2D eigenvalue weighted by Gasteiger charge is -2.23. The van der Waals surface area contributed by atoms with E-state index in [1.54, 1.807) is 0 Å². The summed E-state index contributed by atoms with van der Waals surface area (Å²) < 4.78 is 1.44.